The Morgan fingerprint density at radius 3 is 2.08 bits per heavy atom. The molecule has 0 radical (unpaired) electrons. The van der Waals surface area contributed by atoms with E-state index in [1.54, 1.807) is 18.2 Å². The van der Waals surface area contributed by atoms with Crippen LogP contribution in [0.4, 0.5) is 5.69 Å². The molecule has 1 heterocycles. The highest BCUT2D eigenvalue weighted by molar-refractivity contribution is 6.14. The molecule has 0 unspecified atom stereocenters. The Hall–Kier alpha value is -3.33. The quantitative estimate of drug-likeness (QED) is 0.547. The second-order valence-corrected chi connectivity index (χ2v) is 5.61. The van der Waals surface area contributed by atoms with Crippen LogP contribution in [0.1, 0.15) is 16.1 Å². The fourth-order valence-corrected chi connectivity index (χ4v) is 2.81. The lowest BCUT2D eigenvalue weighted by molar-refractivity contribution is 0.101. The Balaban J connectivity index is 1.70. The molecule has 0 bridgehead atoms. The minimum Gasteiger partial charge on any atom is -0.450 e. The highest BCUT2D eigenvalue weighted by atomic mass is 16.3. The number of hydrogen-bond donors (Lipinski definition) is 1. The summed E-state index contributed by atoms with van der Waals surface area (Å²) in [4.78, 5) is 12.7. The van der Waals surface area contributed by atoms with Crippen molar-refractivity contribution in [2.75, 3.05) is 5.73 Å². The Labute approximate surface area is 139 Å². The van der Waals surface area contributed by atoms with Gasteiger partial charge in [0.05, 0.1) is 5.69 Å². The summed E-state index contributed by atoms with van der Waals surface area (Å²) in [5, 5.41) is 0.766. The van der Waals surface area contributed by atoms with Crippen molar-refractivity contribution in [3.63, 3.8) is 0 Å². The monoisotopic (exact) mass is 313 g/mol. The molecule has 3 aromatic carbocycles. The number of anilines is 1. The standard InChI is InChI=1S/C21H15NO2/c22-19-17-8-4-5-9-18(17)24-21(19)20(23)16-12-10-15(11-13-16)14-6-2-1-3-7-14/h1-13H,22H2. The summed E-state index contributed by atoms with van der Waals surface area (Å²) in [5.41, 5.74) is 9.83. The molecule has 0 amide bonds. The number of carbonyl (C=O) groups excluding carboxylic acids is 1. The first-order valence-electron chi connectivity index (χ1n) is 7.71. The minimum atomic E-state index is -0.205. The number of benzene rings is 3. The number of rotatable bonds is 3. The van der Waals surface area contributed by atoms with Gasteiger partial charge >= 0.3 is 0 Å². The average Bonchev–Trinajstić information content (AvgIpc) is 2.99. The average molecular weight is 313 g/mol. The van der Waals surface area contributed by atoms with Crippen LogP contribution in [0.3, 0.4) is 0 Å². The van der Waals surface area contributed by atoms with E-state index < -0.39 is 0 Å². The van der Waals surface area contributed by atoms with Gasteiger partial charge in [-0.15, -0.1) is 0 Å². The number of fused-ring (bicyclic) bond motifs is 1. The van der Waals surface area contributed by atoms with Crippen LogP contribution >= 0.6 is 0 Å². The molecule has 24 heavy (non-hydrogen) atoms. The molecule has 0 aliphatic heterocycles. The Bertz CT molecular complexity index is 1010. The highest BCUT2D eigenvalue weighted by Crippen LogP contribution is 2.30. The predicted molar refractivity (Wildman–Crippen MR) is 95.9 cm³/mol. The third kappa shape index (κ3) is 2.36. The minimum absolute atomic E-state index is 0.198. The zero-order valence-electron chi connectivity index (χ0n) is 12.9. The number of para-hydroxylation sites is 1. The molecular formula is C21H15NO2. The summed E-state index contributed by atoms with van der Waals surface area (Å²) in [7, 11) is 0. The first-order chi connectivity index (χ1) is 11.7. The molecule has 3 heteroatoms. The van der Waals surface area contributed by atoms with E-state index in [4.69, 9.17) is 10.2 Å². The van der Waals surface area contributed by atoms with Crippen LogP contribution in [-0.4, -0.2) is 5.78 Å². The molecule has 2 N–H and O–H groups in total. The van der Waals surface area contributed by atoms with Crippen molar-refractivity contribution < 1.29 is 9.21 Å². The summed E-state index contributed by atoms with van der Waals surface area (Å²) >= 11 is 0. The zero-order chi connectivity index (χ0) is 16.5. The van der Waals surface area contributed by atoms with E-state index in [2.05, 4.69) is 0 Å². The van der Waals surface area contributed by atoms with Gasteiger partial charge in [-0.25, -0.2) is 0 Å². The molecule has 0 aliphatic carbocycles. The van der Waals surface area contributed by atoms with Crippen molar-refractivity contribution in [3.05, 3.63) is 90.2 Å². The first-order valence-corrected chi connectivity index (χ1v) is 7.71. The Morgan fingerprint density at radius 2 is 1.38 bits per heavy atom. The number of carbonyl (C=O) groups is 1. The van der Waals surface area contributed by atoms with Gasteiger partial charge in [0, 0.05) is 10.9 Å². The van der Waals surface area contributed by atoms with E-state index in [1.165, 1.54) is 0 Å². The maximum Gasteiger partial charge on any atom is 0.230 e. The summed E-state index contributed by atoms with van der Waals surface area (Å²) in [6.07, 6.45) is 0. The second-order valence-electron chi connectivity index (χ2n) is 5.61. The fraction of sp³-hybridized carbons (Fsp3) is 0. The number of nitrogens with two attached hydrogens (primary N) is 1. The van der Waals surface area contributed by atoms with Crippen molar-refractivity contribution in [3.8, 4) is 11.1 Å². The van der Waals surface area contributed by atoms with Gasteiger partial charge in [-0.2, -0.15) is 0 Å². The molecule has 0 atom stereocenters. The third-order valence-corrected chi connectivity index (χ3v) is 4.09. The van der Waals surface area contributed by atoms with Crippen LogP contribution in [0, 0.1) is 0 Å². The van der Waals surface area contributed by atoms with Gasteiger partial charge in [-0.1, -0.05) is 66.7 Å². The van der Waals surface area contributed by atoms with Crippen molar-refractivity contribution in [1.82, 2.24) is 0 Å². The van der Waals surface area contributed by atoms with Gasteiger partial charge in [0.1, 0.15) is 5.58 Å². The molecule has 116 valence electrons. The van der Waals surface area contributed by atoms with E-state index >= 15 is 0 Å². The number of hydrogen-bond acceptors (Lipinski definition) is 3. The van der Waals surface area contributed by atoms with E-state index in [-0.39, 0.29) is 11.5 Å². The Morgan fingerprint density at radius 1 is 0.750 bits per heavy atom. The molecule has 0 saturated heterocycles. The van der Waals surface area contributed by atoms with E-state index in [9.17, 15) is 4.79 Å². The van der Waals surface area contributed by atoms with Gasteiger partial charge < -0.3 is 10.2 Å². The first kappa shape index (κ1) is 14.3. The molecule has 1 aromatic heterocycles. The highest BCUT2D eigenvalue weighted by Gasteiger charge is 2.19. The van der Waals surface area contributed by atoms with E-state index in [0.29, 0.717) is 16.8 Å². The van der Waals surface area contributed by atoms with Crippen LogP contribution < -0.4 is 5.73 Å². The maximum absolute atomic E-state index is 12.7. The number of ketones is 1. The van der Waals surface area contributed by atoms with E-state index in [0.717, 1.165) is 16.5 Å². The molecule has 4 aromatic rings. The second kappa shape index (κ2) is 5.70. The molecule has 0 saturated carbocycles. The van der Waals surface area contributed by atoms with Crippen LogP contribution in [0.15, 0.2) is 83.3 Å². The van der Waals surface area contributed by atoms with Crippen LogP contribution in [0.5, 0.6) is 0 Å². The molecule has 3 nitrogen and oxygen atoms in total. The molecule has 0 fully saturated rings. The topological polar surface area (TPSA) is 56.2 Å². The van der Waals surface area contributed by atoms with Crippen molar-refractivity contribution in [2.24, 2.45) is 0 Å². The van der Waals surface area contributed by atoms with Crippen molar-refractivity contribution in [2.45, 2.75) is 0 Å². The van der Waals surface area contributed by atoms with Gasteiger partial charge in [0.15, 0.2) is 5.76 Å². The third-order valence-electron chi connectivity index (χ3n) is 4.09. The largest absolute Gasteiger partial charge is 0.450 e. The zero-order valence-corrected chi connectivity index (χ0v) is 12.9. The molecule has 0 spiro atoms. The summed E-state index contributed by atoms with van der Waals surface area (Å²) < 4.78 is 5.66. The summed E-state index contributed by atoms with van der Waals surface area (Å²) in [6.45, 7) is 0. The summed E-state index contributed by atoms with van der Waals surface area (Å²) in [6, 6.07) is 24.9. The fourth-order valence-electron chi connectivity index (χ4n) is 2.81. The van der Waals surface area contributed by atoms with Crippen LogP contribution in [0.25, 0.3) is 22.1 Å². The lowest BCUT2D eigenvalue weighted by Gasteiger charge is -2.03. The summed E-state index contributed by atoms with van der Waals surface area (Å²) in [5.74, 6) is -0.00743. The molecule has 0 aliphatic rings. The van der Waals surface area contributed by atoms with Gasteiger partial charge in [-0.05, 0) is 23.3 Å². The van der Waals surface area contributed by atoms with Gasteiger partial charge in [-0.3, -0.25) is 4.79 Å². The number of nitrogen functional groups attached to an aromatic ring is 1. The van der Waals surface area contributed by atoms with Crippen molar-refractivity contribution in [1.29, 1.82) is 0 Å². The normalized spacial score (nSPS) is 10.8. The SMILES string of the molecule is Nc1c(C(=O)c2ccc(-c3ccccc3)cc2)oc2ccccc12. The van der Waals surface area contributed by atoms with E-state index in [1.807, 2.05) is 60.7 Å². The number of furan rings is 1. The van der Waals surface area contributed by atoms with Crippen molar-refractivity contribution >= 4 is 22.4 Å². The maximum atomic E-state index is 12.7. The van der Waals surface area contributed by atoms with Gasteiger partial charge in [0.2, 0.25) is 5.78 Å². The van der Waals surface area contributed by atoms with Gasteiger partial charge in [0.25, 0.3) is 0 Å². The lowest BCUT2D eigenvalue weighted by atomic mass is 10.0. The Kier molecular flexibility index (Phi) is 3.39. The smallest absolute Gasteiger partial charge is 0.230 e. The molecule has 4 rings (SSSR count). The molecular weight excluding hydrogens is 298 g/mol. The van der Waals surface area contributed by atoms with Crippen LogP contribution in [0.2, 0.25) is 0 Å². The lowest BCUT2D eigenvalue weighted by Crippen LogP contribution is -2.02. The predicted octanol–water partition coefficient (Wildman–Crippen LogP) is 4.91. The van der Waals surface area contributed by atoms with Crippen LogP contribution in [-0.2, 0) is 0 Å².